The number of ether oxygens (including phenoxy) is 1. The first-order valence-electron chi connectivity index (χ1n) is 5.86. The molecule has 1 aliphatic heterocycles. The molecule has 1 fully saturated rings. The maximum atomic E-state index is 13.2. The van der Waals surface area contributed by atoms with Crippen molar-refractivity contribution < 1.29 is 22.3 Å². The molecule has 0 bridgehead atoms. The molecule has 1 atom stereocenters. The number of alkyl halides is 3. The van der Waals surface area contributed by atoms with Gasteiger partial charge >= 0.3 is 6.18 Å². The molecule has 7 heteroatoms. The number of hydrogen-bond donors (Lipinski definition) is 2. The summed E-state index contributed by atoms with van der Waals surface area (Å²) in [6.45, 7) is 0.131. The minimum absolute atomic E-state index is 0.0180. The Kier molecular flexibility index (Phi) is 3.58. The summed E-state index contributed by atoms with van der Waals surface area (Å²) in [7, 11) is 0. The van der Waals surface area contributed by atoms with Gasteiger partial charge in [-0.3, -0.25) is 0 Å². The number of nitrogens with one attached hydrogen (secondary N) is 1. The van der Waals surface area contributed by atoms with Gasteiger partial charge in [0, 0.05) is 12.6 Å². The molecule has 0 saturated carbocycles. The number of anilines is 1. The molecule has 1 saturated heterocycles. The fourth-order valence-electron chi connectivity index (χ4n) is 2.07. The first-order chi connectivity index (χ1) is 8.84. The smallest absolute Gasteiger partial charge is 0.429 e. The summed E-state index contributed by atoms with van der Waals surface area (Å²) in [5.41, 5.74) is 3.16. The molecule has 2 rings (SSSR count). The Bertz CT molecular complexity index is 456. The summed E-state index contributed by atoms with van der Waals surface area (Å²) in [6.07, 6.45) is -4.41. The summed E-state index contributed by atoms with van der Waals surface area (Å²) in [4.78, 5) is 0. The van der Waals surface area contributed by atoms with E-state index >= 15 is 0 Å². The van der Waals surface area contributed by atoms with E-state index in [2.05, 4.69) is 5.32 Å². The quantitative estimate of drug-likeness (QED) is 0.645. The van der Waals surface area contributed by atoms with Crippen molar-refractivity contribution in [2.24, 2.45) is 0 Å². The summed E-state index contributed by atoms with van der Waals surface area (Å²) < 4.78 is 57.8. The molecule has 1 aromatic rings. The van der Waals surface area contributed by atoms with E-state index in [1.807, 2.05) is 0 Å². The van der Waals surface area contributed by atoms with Gasteiger partial charge in [0.2, 0.25) is 5.60 Å². The molecular weight excluding hydrogens is 264 g/mol. The lowest BCUT2D eigenvalue weighted by Crippen LogP contribution is -2.59. The minimum atomic E-state index is -4.56. The zero-order chi connectivity index (χ0) is 14.1. The standard InChI is InChI=1S/C12H14F4N2O/c13-8-2-3-9(17)10(6-8)19-11(12(14,15)16)4-1-5-18-7-11/h2-3,6,18H,1,4-5,7,17H2. The van der Waals surface area contributed by atoms with Gasteiger partial charge in [0.1, 0.15) is 11.6 Å². The van der Waals surface area contributed by atoms with E-state index in [9.17, 15) is 17.6 Å². The van der Waals surface area contributed by atoms with Crippen molar-refractivity contribution in [3.8, 4) is 5.75 Å². The lowest BCUT2D eigenvalue weighted by molar-refractivity contribution is -0.252. The van der Waals surface area contributed by atoms with Gasteiger partial charge in [0.15, 0.2) is 0 Å². The Morgan fingerprint density at radius 1 is 1.32 bits per heavy atom. The molecule has 1 heterocycles. The monoisotopic (exact) mass is 278 g/mol. The van der Waals surface area contributed by atoms with Gasteiger partial charge in [0.25, 0.3) is 0 Å². The van der Waals surface area contributed by atoms with E-state index in [0.717, 1.165) is 12.1 Å². The third kappa shape index (κ3) is 2.75. The van der Waals surface area contributed by atoms with Crippen LogP contribution in [0.25, 0.3) is 0 Å². The van der Waals surface area contributed by atoms with Crippen LogP contribution in [0.4, 0.5) is 23.2 Å². The lowest BCUT2D eigenvalue weighted by Gasteiger charge is -2.39. The van der Waals surface area contributed by atoms with Crippen LogP contribution < -0.4 is 15.8 Å². The largest absolute Gasteiger partial charge is 0.474 e. The van der Waals surface area contributed by atoms with Gasteiger partial charge in [-0.15, -0.1) is 0 Å². The summed E-state index contributed by atoms with van der Waals surface area (Å²) in [5, 5.41) is 2.66. The lowest BCUT2D eigenvalue weighted by atomic mass is 9.93. The Balaban J connectivity index is 2.33. The van der Waals surface area contributed by atoms with Crippen LogP contribution in [0.15, 0.2) is 18.2 Å². The van der Waals surface area contributed by atoms with Crippen molar-refractivity contribution in [3.63, 3.8) is 0 Å². The predicted octanol–water partition coefficient (Wildman–Crippen LogP) is 2.47. The van der Waals surface area contributed by atoms with Crippen LogP contribution >= 0.6 is 0 Å². The van der Waals surface area contributed by atoms with E-state index in [1.54, 1.807) is 0 Å². The third-order valence-corrected chi connectivity index (χ3v) is 3.14. The van der Waals surface area contributed by atoms with Crippen molar-refractivity contribution in [2.75, 3.05) is 18.8 Å². The van der Waals surface area contributed by atoms with Gasteiger partial charge in [-0.1, -0.05) is 0 Å². The number of hydrogen-bond acceptors (Lipinski definition) is 3. The number of nitrogens with two attached hydrogens (primary N) is 1. The second-order valence-electron chi connectivity index (χ2n) is 4.56. The molecular formula is C12H14F4N2O. The van der Waals surface area contributed by atoms with Gasteiger partial charge in [0.05, 0.1) is 5.69 Å². The van der Waals surface area contributed by atoms with Gasteiger partial charge in [-0.2, -0.15) is 13.2 Å². The molecule has 0 radical (unpaired) electrons. The van der Waals surface area contributed by atoms with Crippen LogP contribution in [0.2, 0.25) is 0 Å². The molecule has 3 N–H and O–H groups in total. The number of benzene rings is 1. The molecule has 0 aliphatic carbocycles. The highest BCUT2D eigenvalue weighted by atomic mass is 19.4. The normalized spacial score (nSPS) is 24.2. The van der Waals surface area contributed by atoms with Crippen molar-refractivity contribution in [3.05, 3.63) is 24.0 Å². The second kappa shape index (κ2) is 4.88. The Hall–Kier alpha value is -1.50. The zero-order valence-electron chi connectivity index (χ0n) is 10.1. The fourth-order valence-corrected chi connectivity index (χ4v) is 2.07. The number of nitrogen functional groups attached to an aromatic ring is 1. The minimum Gasteiger partial charge on any atom is -0.474 e. The van der Waals surface area contributed by atoms with E-state index < -0.39 is 17.6 Å². The van der Waals surface area contributed by atoms with Crippen LogP contribution in [0.5, 0.6) is 5.75 Å². The average molecular weight is 278 g/mol. The highest BCUT2D eigenvalue weighted by molar-refractivity contribution is 5.52. The van der Waals surface area contributed by atoms with Crippen molar-refractivity contribution in [1.82, 2.24) is 5.32 Å². The number of rotatable bonds is 2. The van der Waals surface area contributed by atoms with E-state index in [1.165, 1.54) is 6.07 Å². The van der Waals surface area contributed by atoms with Crippen LogP contribution in [-0.2, 0) is 0 Å². The maximum absolute atomic E-state index is 13.2. The third-order valence-electron chi connectivity index (χ3n) is 3.14. The maximum Gasteiger partial charge on any atom is 0.429 e. The van der Waals surface area contributed by atoms with Gasteiger partial charge in [-0.25, -0.2) is 4.39 Å². The molecule has 0 amide bonds. The van der Waals surface area contributed by atoms with Crippen LogP contribution in [0.1, 0.15) is 12.8 Å². The van der Waals surface area contributed by atoms with Crippen LogP contribution in [-0.4, -0.2) is 24.9 Å². The predicted molar refractivity (Wildman–Crippen MR) is 62.3 cm³/mol. The fraction of sp³-hybridized carbons (Fsp3) is 0.500. The molecule has 0 aromatic heterocycles. The van der Waals surface area contributed by atoms with Crippen LogP contribution in [0.3, 0.4) is 0 Å². The molecule has 0 spiro atoms. The molecule has 19 heavy (non-hydrogen) atoms. The molecule has 1 aromatic carbocycles. The van der Waals surface area contributed by atoms with E-state index in [-0.39, 0.29) is 24.4 Å². The summed E-state index contributed by atoms with van der Waals surface area (Å²) in [6, 6.07) is 3.13. The van der Waals surface area contributed by atoms with Crippen molar-refractivity contribution in [1.29, 1.82) is 0 Å². The molecule has 106 valence electrons. The molecule has 3 nitrogen and oxygen atoms in total. The average Bonchev–Trinajstić information content (AvgIpc) is 2.34. The molecule has 1 unspecified atom stereocenters. The second-order valence-corrected chi connectivity index (χ2v) is 4.56. The Morgan fingerprint density at radius 3 is 2.63 bits per heavy atom. The highest BCUT2D eigenvalue weighted by Gasteiger charge is 2.57. The van der Waals surface area contributed by atoms with Crippen molar-refractivity contribution >= 4 is 5.69 Å². The first kappa shape index (κ1) is 13.9. The van der Waals surface area contributed by atoms with Gasteiger partial charge in [-0.05, 0) is 31.5 Å². The Morgan fingerprint density at radius 2 is 2.05 bits per heavy atom. The van der Waals surface area contributed by atoms with Gasteiger partial charge < -0.3 is 15.8 Å². The van der Waals surface area contributed by atoms with Crippen molar-refractivity contribution in [2.45, 2.75) is 24.6 Å². The van der Waals surface area contributed by atoms with E-state index in [0.29, 0.717) is 13.0 Å². The van der Waals surface area contributed by atoms with Crippen LogP contribution in [0, 0.1) is 5.82 Å². The topological polar surface area (TPSA) is 47.3 Å². The van der Waals surface area contributed by atoms with E-state index in [4.69, 9.17) is 10.5 Å². The number of halogens is 4. The summed E-state index contributed by atoms with van der Waals surface area (Å²) in [5.74, 6) is -0.966. The first-order valence-corrected chi connectivity index (χ1v) is 5.86. The highest BCUT2D eigenvalue weighted by Crippen LogP contribution is 2.40. The summed E-state index contributed by atoms with van der Waals surface area (Å²) >= 11 is 0. The number of piperidine rings is 1. The SMILES string of the molecule is Nc1ccc(F)cc1OC1(C(F)(F)F)CCCNC1. The zero-order valence-corrected chi connectivity index (χ0v) is 10.1. The Labute approximate surface area is 107 Å². The molecule has 1 aliphatic rings.